The molecule has 8 heteroatoms. The van der Waals surface area contributed by atoms with Crippen LogP contribution in [0.4, 0.5) is 16.4 Å². The number of ketones is 1. The maximum Gasteiger partial charge on any atom is 0.211 e. The summed E-state index contributed by atoms with van der Waals surface area (Å²) in [6, 6.07) is 19.0. The Hall–Kier alpha value is -3.62. The lowest BCUT2D eigenvalue weighted by molar-refractivity contribution is 0.104. The van der Waals surface area contributed by atoms with Gasteiger partial charge in [-0.1, -0.05) is 48.0 Å². The van der Waals surface area contributed by atoms with E-state index in [2.05, 4.69) is 5.32 Å². The molecule has 180 valence electrons. The summed E-state index contributed by atoms with van der Waals surface area (Å²) in [7, 11) is -2.55. The summed E-state index contributed by atoms with van der Waals surface area (Å²) >= 11 is 1.05. The topological polar surface area (TPSA) is 98.5 Å². The molecule has 35 heavy (non-hydrogen) atoms. The zero-order chi connectivity index (χ0) is 25.3. The minimum Gasteiger partial charge on any atom is -0.497 e. The highest BCUT2D eigenvalue weighted by Gasteiger charge is 2.32. The van der Waals surface area contributed by atoms with Crippen LogP contribution in [0.25, 0.3) is 0 Å². The van der Waals surface area contributed by atoms with Gasteiger partial charge in [0.15, 0.2) is 0 Å². The normalized spacial score (nSPS) is 11.3. The molecule has 6 nitrogen and oxygen atoms in total. The van der Waals surface area contributed by atoms with Gasteiger partial charge in [-0.2, -0.15) is 0 Å². The predicted molar refractivity (Wildman–Crippen MR) is 141 cm³/mol. The number of hydrogen-bond acceptors (Lipinski definition) is 7. The number of nitrogen functional groups attached to an aromatic ring is 1. The van der Waals surface area contributed by atoms with Gasteiger partial charge in [-0.15, -0.1) is 11.3 Å². The van der Waals surface area contributed by atoms with Crippen LogP contribution in [0, 0.1) is 20.8 Å². The lowest BCUT2D eigenvalue weighted by Gasteiger charge is -2.14. The van der Waals surface area contributed by atoms with E-state index in [1.54, 1.807) is 24.3 Å². The number of rotatable bonds is 7. The first-order valence-corrected chi connectivity index (χ1v) is 13.2. The molecule has 0 spiro atoms. The molecule has 0 saturated carbocycles. The average molecular weight is 507 g/mol. The number of aryl methyl sites for hydroxylation is 3. The third kappa shape index (κ3) is 4.67. The number of nitrogens with one attached hydrogen (secondary N) is 1. The van der Waals surface area contributed by atoms with Crippen molar-refractivity contribution in [3.8, 4) is 5.75 Å². The summed E-state index contributed by atoms with van der Waals surface area (Å²) in [6.45, 7) is 5.80. The van der Waals surface area contributed by atoms with Crippen LogP contribution >= 0.6 is 11.3 Å². The van der Waals surface area contributed by atoms with Gasteiger partial charge in [0.2, 0.25) is 15.6 Å². The number of nitrogens with two attached hydrogens (primary N) is 1. The van der Waals surface area contributed by atoms with Gasteiger partial charge in [0.25, 0.3) is 0 Å². The maximum absolute atomic E-state index is 13.8. The molecule has 0 aliphatic carbocycles. The summed E-state index contributed by atoms with van der Waals surface area (Å²) in [6.07, 6.45) is 0. The lowest BCUT2D eigenvalue weighted by Crippen LogP contribution is -2.08. The number of thiophene rings is 1. The number of carbonyl (C=O) groups is 1. The zero-order valence-electron chi connectivity index (χ0n) is 19.9. The van der Waals surface area contributed by atoms with Crippen LogP contribution < -0.4 is 15.8 Å². The predicted octanol–water partition coefficient (Wildman–Crippen LogP) is 6.07. The molecule has 4 rings (SSSR count). The Morgan fingerprint density at radius 2 is 1.51 bits per heavy atom. The fourth-order valence-electron chi connectivity index (χ4n) is 3.78. The van der Waals surface area contributed by atoms with Crippen LogP contribution in [-0.2, 0) is 9.84 Å². The minimum atomic E-state index is -4.06. The molecule has 0 fully saturated rings. The van der Waals surface area contributed by atoms with Crippen molar-refractivity contribution < 1.29 is 17.9 Å². The smallest absolute Gasteiger partial charge is 0.211 e. The molecule has 0 aliphatic rings. The first kappa shape index (κ1) is 24.5. The molecule has 0 saturated heterocycles. The largest absolute Gasteiger partial charge is 0.497 e. The van der Waals surface area contributed by atoms with Crippen LogP contribution in [0.5, 0.6) is 5.75 Å². The second-order valence-electron chi connectivity index (χ2n) is 8.27. The second kappa shape index (κ2) is 9.56. The van der Waals surface area contributed by atoms with Gasteiger partial charge in [-0.3, -0.25) is 4.79 Å². The molecule has 4 aromatic rings. The fraction of sp³-hybridized carbons (Fsp3) is 0.148. The number of ether oxygens (including phenoxy) is 1. The van der Waals surface area contributed by atoms with E-state index in [0.29, 0.717) is 16.3 Å². The van der Waals surface area contributed by atoms with E-state index < -0.39 is 9.84 Å². The Morgan fingerprint density at radius 1 is 0.914 bits per heavy atom. The Kier molecular flexibility index (Phi) is 6.69. The Balaban J connectivity index is 1.90. The van der Waals surface area contributed by atoms with Gasteiger partial charge in [-0.05, 0) is 56.2 Å². The van der Waals surface area contributed by atoms with E-state index in [9.17, 15) is 13.2 Å². The van der Waals surface area contributed by atoms with Crippen LogP contribution in [-0.4, -0.2) is 21.3 Å². The van der Waals surface area contributed by atoms with Gasteiger partial charge in [-0.25, -0.2) is 8.42 Å². The monoisotopic (exact) mass is 506 g/mol. The highest BCUT2D eigenvalue weighted by atomic mass is 32.2. The molecular weight excluding hydrogens is 480 g/mol. The average Bonchev–Trinajstić information content (AvgIpc) is 3.18. The third-order valence-electron chi connectivity index (χ3n) is 5.78. The minimum absolute atomic E-state index is 0.0571. The van der Waals surface area contributed by atoms with Crippen molar-refractivity contribution in [1.82, 2.24) is 0 Å². The third-order valence-corrected chi connectivity index (χ3v) is 8.88. The van der Waals surface area contributed by atoms with Crippen molar-refractivity contribution in [2.24, 2.45) is 0 Å². The first-order valence-electron chi connectivity index (χ1n) is 10.9. The fourth-order valence-corrected chi connectivity index (χ4v) is 6.70. The molecule has 3 aromatic carbocycles. The molecule has 0 radical (unpaired) electrons. The standard InChI is InChI=1S/C27H26N2O4S2/c1-16-8-10-19(11-9-16)24(30)25-22(28)26(35(31,32)21-14-12-20(33-4)13-15-21)27(34-25)29-23-17(2)6-5-7-18(23)3/h5-15,29H,28H2,1-4H3. The highest BCUT2D eigenvalue weighted by molar-refractivity contribution is 7.92. The van der Waals surface area contributed by atoms with Crippen molar-refractivity contribution in [2.45, 2.75) is 30.6 Å². The van der Waals surface area contributed by atoms with Crippen LogP contribution in [0.15, 0.2) is 76.5 Å². The van der Waals surface area contributed by atoms with Gasteiger partial charge in [0.1, 0.15) is 20.5 Å². The number of carbonyl (C=O) groups excluding carboxylic acids is 1. The lowest BCUT2D eigenvalue weighted by atomic mass is 10.1. The SMILES string of the molecule is COc1ccc(S(=O)(=O)c2c(Nc3c(C)cccc3C)sc(C(=O)c3ccc(C)cc3)c2N)cc1. The number of sulfone groups is 1. The number of methoxy groups -OCH3 is 1. The molecule has 0 atom stereocenters. The summed E-state index contributed by atoms with van der Waals surface area (Å²) in [4.78, 5) is 13.5. The van der Waals surface area contributed by atoms with Crippen LogP contribution in [0.3, 0.4) is 0 Å². The van der Waals surface area contributed by atoms with E-state index in [1.807, 2.05) is 51.1 Å². The molecule has 0 bridgehead atoms. The van der Waals surface area contributed by atoms with Crippen LogP contribution in [0.2, 0.25) is 0 Å². The first-order chi connectivity index (χ1) is 16.6. The molecule has 0 aliphatic heterocycles. The number of para-hydroxylation sites is 1. The van der Waals surface area contributed by atoms with Crippen molar-refractivity contribution in [3.63, 3.8) is 0 Å². The summed E-state index contributed by atoms with van der Waals surface area (Å²) in [5.74, 6) is 0.208. The van der Waals surface area contributed by atoms with E-state index in [1.165, 1.54) is 19.2 Å². The zero-order valence-corrected chi connectivity index (χ0v) is 21.5. The summed E-state index contributed by atoms with van der Waals surface area (Å²) in [5.41, 5.74) is 10.5. The molecule has 1 aromatic heterocycles. The van der Waals surface area contributed by atoms with E-state index in [-0.39, 0.29) is 26.1 Å². The summed E-state index contributed by atoms with van der Waals surface area (Å²) < 4.78 is 32.7. The van der Waals surface area contributed by atoms with Gasteiger partial charge in [0, 0.05) is 11.3 Å². The van der Waals surface area contributed by atoms with Crippen LogP contribution in [0.1, 0.15) is 31.9 Å². The van der Waals surface area contributed by atoms with Crippen molar-refractivity contribution in [3.05, 3.63) is 93.9 Å². The number of benzene rings is 3. The quantitative estimate of drug-likeness (QED) is 0.295. The molecule has 0 unspecified atom stereocenters. The van der Waals surface area contributed by atoms with Crippen molar-refractivity contribution in [1.29, 1.82) is 0 Å². The molecule has 0 amide bonds. The highest BCUT2D eigenvalue weighted by Crippen LogP contribution is 2.44. The molecular formula is C27H26N2O4S2. The molecule has 1 heterocycles. The van der Waals surface area contributed by atoms with Gasteiger partial charge >= 0.3 is 0 Å². The Morgan fingerprint density at radius 3 is 2.09 bits per heavy atom. The molecule has 3 N–H and O–H groups in total. The van der Waals surface area contributed by atoms with Crippen molar-refractivity contribution >= 4 is 43.3 Å². The van der Waals surface area contributed by atoms with Crippen molar-refractivity contribution in [2.75, 3.05) is 18.2 Å². The van der Waals surface area contributed by atoms with E-state index >= 15 is 0 Å². The maximum atomic E-state index is 13.8. The Bertz CT molecular complexity index is 1480. The Labute approximate surface area is 209 Å². The van der Waals surface area contributed by atoms with Gasteiger partial charge in [0.05, 0.1) is 17.7 Å². The summed E-state index contributed by atoms with van der Waals surface area (Å²) in [5, 5.41) is 3.56. The van der Waals surface area contributed by atoms with E-state index in [4.69, 9.17) is 10.5 Å². The second-order valence-corrected chi connectivity index (χ2v) is 11.2. The van der Waals surface area contributed by atoms with Gasteiger partial charge < -0.3 is 15.8 Å². The number of hydrogen-bond donors (Lipinski definition) is 2. The number of anilines is 3. The van der Waals surface area contributed by atoms with E-state index in [0.717, 1.165) is 33.7 Å².